The summed E-state index contributed by atoms with van der Waals surface area (Å²) in [7, 11) is 1.95. The van der Waals surface area contributed by atoms with Crippen molar-refractivity contribution in [3.8, 4) is 0 Å². The highest BCUT2D eigenvalue weighted by Gasteiger charge is 2.23. The highest BCUT2D eigenvalue weighted by atomic mass is 32.1. The third-order valence-electron chi connectivity index (χ3n) is 5.36. The molecule has 0 radical (unpaired) electrons. The van der Waals surface area contributed by atoms with E-state index in [4.69, 9.17) is 0 Å². The maximum absolute atomic E-state index is 15.0. The third kappa shape index (κ3) is 3.20. The second-order valence-corrected chi connectivity index (χ2v) is 8.17. The van der Waals surface area contributed by atoms with Crippen LogP contribution in [-0.2, 0) is 0 Å². The maximum atomic E-state index is 15.0. The molecule has 1 aromatic carbocycles. The highest BCUT2D eigenvalue weighted by molar-refractivity contribution is 7.13. The van der Waals surface area contributed by atoms with Crippen molar-refractivity contribution in [1.82, 2.24) is 19.1 Å². The highest BCUT2D eigenvalue weighted by Crippen LogP contribution is 2.35. The molecule has 1 aliphatic rings. The monoisotopic (exact) mass is 414 g/mol. The second-order valence-electron chi connectivity index (χ2n) is 7.37. The van der Waals surface area contributed by atoms with Gasteiger partial charge >= 0.3 is 0 Å². The molecule has 6 nitrogen and oxygen atoms in total. The first-order valence-corrected chi connectivity index (χ1v) is 10.2. The molecule has 5 rings (SSSR count). The molecule has 0 spiro atoms. The number of aryl methyl sites for hydroxylation is 1. The van der Waals surface area contributed by atoms with Crippen LogP contribution in [0.4, 0.5) is 26.0 Å². The Morgan fingerprint density at radius 3 is 2.83 bits per heavy atom. The first-order valence-electron chi connectivity index (χ1n) is 9.45. The van der Waals surface area contributed by atoms with Crippen molar-refractivity contribution in [2.24, 2.45) is 0 Å². The van der Waals surface area contributed by atoms with Crippen LogP contribution in [0.25, 0.3) is 15.7 Å². The Morgan fingerprint density at radius 1 is 1.17 bits per heavy atom. The Hall–Kier alpha value is -2.78. The molecule has 1 fully saturated rings. The molecule has 9 heteroatoms. The van der Waals surface area contributed by atoms with E-state index in [1.807, 2.05) is 13.1 Å². The van der Waals surface area contributed by atoms with Crippen molar-refractivity contribution in [2.45, 2.75) is 19.4 Å². The van der Waals surface area contributed by atoms with Gasteiger partial charge in [-0.05, 0) is 44.1 Å². The lowest BCUT2D eigenvalue weighted by Crippen LogP contribution is -2.29. The average Bonchev–Trinajstić information content (AvgIpc) is 3.40. The van der Waals surface area contributed by atoms with E-state index in [1.165, 1.54) is 17.6 Å². The molecule has 0 bridgehead atoms. The predicted molar refractivity (Wildman–Crippen MR) is 112 cm³/mol. The average molecular weight is 414 g/mol. The number of rotatable bonds is 4. The number of pyridine rings is 1. The molecule has 1 atom stereocenters. The molecule has 4 aromatic rings. The van der Waals surface area contributed by atoms with Gasteiger partial charge in [-0.3, -0.25) is 0 Å². The van der Waals surface area contributed by atoms with Crippen molar-refractivity contribution in [3.05, 3.63) is 47.9 Å². The van der Waals surface area contributed by atoms with Gasteiger partial charge in [-0.25, -0.2) is 13.8 Å². The Kier molecular flexibility index (Phi) is 4.36. The van der Waals surface area contributed by atoms with Crippen LogP contribution in [0.15, 0.2) is 30.6 Å². The van der Waals surface area contributed by atoms with E-state index in [1.54, 1.807) is 29.8 Å². The van der Waals surface area contributed by atoms with Crippen molar-refractivity contribution >= 4 is 44.5 Å². The largest absolute Gasteiger partial charge is 0.370 e. The Labute approximate surface area is 170 Å². The van der Waals surface area contributed by atoms with Crippen molar-refractivity contribution in [2.75, 3.05) is 30.4 Å². The van der Waals surface area contributed by atoms with Gasteiger partial charge in [0.1, 0.15) is 5.82 Å². The number of nitrogens with one attached hydrogen (secondary N) is 2. The lowest BCUT2D eigenvalue weighted by molar-refractivity contribution is 0.616. The molecule has 0 saturated carbocycles. The van der Waals surface area contributed by atoms with Crippen LogP contribution in [-0.4, -0.2) is 39.9 Å². The zero-order valence-corrected chi connectivity index (χ0v) is 16.9. The van der Waals surface area contributed by atoms with Crippen LogP contribution in [0.3, 0.4) is 0 Å². The van der Waals surface area contributed by atoms with Gasteiger partial charge in [-0.2, -0.15) is 4.37 Å². The second kappa shape index (κ2) is 6.93. The smallest absolute Gasteiger partial charge is 0.173 e. The Morgan fingerprint density at radius 2 is 2.03 bits per heavy atom. The van der Waals surface area contributed by atoms with Gasteiger partial charge in [0.15, 0.2) is 17.3 Å². The zero-order valence-electron chi connectivity index (χ0n) is 16.0. The molecule has 1 saturated heterocycles. The van der Waals surface area contributed by atoms with Crippen LogP contribution in [0, 0.1) is 18.6 Å². The minimum Gasteiger partial charge on any atom is -0.370 e. The number of fused-ring (bicyclic) bond motifs is 2. The minimum absolute atomic E-state index is 0.262. The number of nitrogens with zero attached hydrogens (tertiary/aromatic N) is 4. The molecule has 4 heterocycles. The fraction of sp³-hybridized carbons (Fsp3) is 0.300. The molecule has 1 unspecified atom stereocenters. The molecule has 2 N–H and O–H groups in total. The van der Waals surface area contributed by atoms with Crippen molar-refractivity contribution in [1.29, 1.82) is 0 Å². The van der Waals surface area contributed by atoms with Crippen LogP contribution in [0.1, 0.15) is 12.1 Å². The number of likely N-dealkylation sites (N-methyl/N-ethyl adjacent to an activating group) is 1. The van der Waals surface area contributed by atoms with E-state index in [0.29, 0.717) is 22.9 Å². The summed E-state index contributed by atoms with van der Waals surface area (Å²) in [5.74, 6) is -0.389. The predicted octanol–water partition coefficient (Wildman–Crippen LogP) is 4.07. The summed E-state index contributed by atoms with van der Waals surface area (Å²) in [5, 5.41) is 6.76. The Balaban J connectivity index is 1.48. The zero-order chi connectivity index (χ0) is 20.1. The van der Waals surface area contributed by atoms with E-state index < -0.39 is 5.82 Å². The van der Waals surface area contributed by atoms with Crippen LogP contribution < -0.4 is 15.5 Å². The molecule has 0 amide bonds. The third-order valence-corrected chi connectivity index (χ3v) is 6.15. The Bertz CT molecular complexity index is 1220. The normalized spacial score (nSPS) is 17.0. The number of anilines is 3. The van der Waals surface area contributed by atoms with Gasteiger partial charge in [-0.15, -0.1) is 0 Å². The molecule has 3 aromatic heterocycles. The minimum atomic E-state index is -0.446. The first-order chi connectivity index (χ1) is 14.0. The molecule has 29 heavy (non-hydrogen) atoms. The summed E-state index contributed by atoms with van der Waals surface area (Å²) in [4.78, 5) is 6.33. The number of halogens is 2. The van der Waals surface area contributed by atoms with Gasteiger partial charge in [0, 0.05) is 43.3 Å². The van der Waals surface area contributed by atoms with Crippen molar-refractivity contribution in [3.63, 3.8) is 0 Å². The maximum Gasteiger partial charge on any atom is 0.173 e. The van der Waals surface area contributed by atoms with Gasteiger partial charge in [0.05, 0.1) is 21.5 Å². The fourth-order valence-electron chi connectivity index (χ4n) is 3.89. The van der Waals surface area contributed by atoms with Crippen molar-refractivity contribution < 1.29 is 8.78 Å². The summed E-state index contributed by atoms with van der Waals surface area (Å²) >= 11 is 1.23. The fourth-order valence-corrected chi connectivity index (χ4v) is 4.68. The van der Waals surface area contributed by atoms with E-state index in [2.05, 4.69) is 24.9 Å². The summed E-state index contributed by atoms with van der Waals surface area (Å²) in [5.41, 5.74) is 2.34. The SMILES string of the molecule is CNC1CCN(c2cc(F)c3c(Nc4cc(F)c5nc(C)cn5c4)nsc3c2)C1. The summed E-state index contributed by atoms with van der Waals surface area (Å²) in [6.45, 7) is 3.55. The number of aromatic nitrogens is 3. The molecule has 1 aliphatic heterocycles. The summed E-state index contributed by atoms with van der Waals surface area (Å²) in [6, 6.07) is 5.30. The standard InChI is InChI=1S/C20H20F2N6S/c1-11-8-28-10-13(5-16(22)20(28)24-11)25-19-18-15(21)6-14(7-17(18)29-26-19)27-4-3-12(9-27)23-2/h5-8,10,12,23H,3-4,9H2,1-2H3,(H,25,26). The van der Waals surface area contributed by atoms with Gasteiger partial charge in [0.25, 0.3) is 0 Å². The van der Waals surface area contributed by atoms with Crippen LogP contribution >= 0.6 is 11.5 Å². The number of imidazole rings is 1. The molecular formula is C20H20F2N6S. The van der Waals surface area contributed by atoms with Crippen LogP contribution in [0.2, 0.25) is 0 Å². The summed E-state index contributed by atoms with van der Waals surface area (Å²) in [6.07, 6.45) is 4.50. The number of hydrogen-bond donors (Lipinski definition) is 2. The first kappa shape index (κ1) is 18.3. The number of benzene rings is 1. The molecule has 150 valence electrons. The van der Waals surface area contributed by atoms with Gasteiger partial charge < -0.3 is 19.9 Å². The van der Waals surface area contributed by atoms with E-state index in [0.717, 1.165) is 35.6 Å². The quantitative estimate of drug-likeness (QED) is 0.527. The molecular weight excluding hydrogens is 394 g/mol. The molecule has 0 aliphatic carbocycles. The lowest BCUT2D eigenvalue weighted by atomic mass is 10.2. The lowest BCUT2D eigenvalue weighted by Gasteiger charge is -2.19. The van der Waals surface area contributed by atoms with Crippen LogP contribution in [0.5, 0.6) is 0 Å². The number of hydrogen-bond acceptors (Lipinski definition) is 6. The summed E-state index contributed by atoms with van der Waals surface area (Å²) < 4.78 is 36.1. The van der Waals surface area contributed by atoms with E-state index >= 15 is 4.39 Å². The van der Waals surface area contributed by atoms with Gasteiger partial charge in [-0.1, -0.05) is 0 Å². The van der Waals surface area contributed by atoms with E-state index in [-0.39, 0.29) is 11.5 Å². The topological polar surface area (TPSA) is 57.5 Å². The van der Waals surface area contributed by atoms with E-state index in [9.17, 15) is 4.39 Å². The van der Waals surface area contributed by atoms with Gasteiger partial charge in [0.2, 0.25) is 0 Å².